The summed E-state index contributed by atoms with van der Waals surface area (Å²) >= 11 is 0. The van der Waals surface area contributed by atoms with E-state index in [1.54, 1.807) is 0 Å². The van der Waals surface area contributed by atoms with Gasteiger partial charge in [0.15, 0.2) is 0 Å². The van der Waals surface area contributed by atoms with Gasteiger partial charge in [-0.15, -0.1) is 0 Å². The summed E-state index contributed by atoms with van der Waals surface area (Å²) < 4.78 is 134. The monoisotopic (exact) mass is 314 g/mol. The van der Waals surface area contributed by atoms with E-state index < -0.39 is 43.6 Å². The van der Waals surface area contributed by atoms with Crippen LogP contribution in [0.2, 0.25) is 0 Å². The molecular weight excluding hydrogens is 309 g/mol. The van der Waals surface area contributed by atoms with Crippen LogP contribution in [0.5, 0.6) is 0 Å². The average molecular weight is 314 g/mol. The van der Waals surface area contributed by atoms with Crippen molar-refractivity contribution in [3.05, 3.63) is 0 Å². The van der Waals surface area contributed by atoms with Crippen LogP contribution in [0.1, 0.15) is 0 Å². The lowest BCUT2D eigenvalue weighted by atomic mass is 10.2. The molecule has 0 saturated heterocycles. The van der Waals surface area contributed by atoms with E-state index in [1.807, 2.05) is 0 Å². The Morgan fingerprint density at radius 3 is 1.47 bits per heavy atom. The van der Waals surface area contributed by atoms with Gasteiger partial charge >= 0.3 is 24.2 Å². The molecule has 0 rings (SSSR count). The Bertz CT molecular complexity index is 290. The molecule has 0 aliphatic carbocycles. The SMILES string of the molecule is FC(C(F)(F)F)C(F)(F)COCC(F)(F)C(F)(F)F. The lowest BCUT2D eigenvalue weighted by Crippen LogP contribution is -2.47. The highest BCUT2D eigenvalue weighted by Gasteiger charge is 2.60. The minimum atomic E-state index is -6.12. The van der Waals surface area contributed by atoms with Crippen molar-refractivity contribution < 1.29 is 53.0 Å². The summed E-state index contributed by atoms with van der Waals surface area (Å²) in [4.78, 5) is 0. The standard InChI is InChI=1S/C7H5F11O/c8-3(6(13,14)15)4(9,10)1-19-2-5(11,12)7(16,17)18/h3H,1-2H2. The molecule has 0 aromatic rings. The van der Waals surface area contributed by atoms with E-state index in [0.29, 0.717) is 0 Å². The maximum atomic E-state index is 12.4. The summed E-state index contributed by atoms with van der Waals surface area (Å²) in [6.45, 7) is -5.21. The van der Waals surface area contributed by atoms with Gasteiger partial charge in [0.05, 0.1) is 0 Å². The average Bonchev–Trinajstić information content (AvgIpc) is 2.12. The van der Waals surface area contributed by atoms with Gasteiger partial charge in [0.25, 0.3) is 6.17 Å². The third-order valence-electron chi connectivity index (χ3n) is 1.65. The molecule has 1 nitrogen and oxygen atoms in total. The second-order valence-electron chi connectivity index (χ2n) is 3.36. The van der Waals surface area contributed by atoms with Gasteiger partial charge in [-0.3, -0.25) is 0 Å². The van der Waals surface area contributed by atoms with Crippen LogP contribution in [0.15, 0.2) is 0 Å². The Balaban J connectivity index is 4.50. The molecule has 0 amide bonds. The number of ether oxygens (including phenoxy) is 1. The molecule has 0 aromatic heterocycles. The van der Waals surface area contributed by atoms with Crippen LogP contribution in [0.4, 0.5) is 48.3 Å². The molecule has 0 radical (unpaired) electrons. The fourth-order valence-corrected chi connectivity index (χ4v) is 0.710. The van der Waals surface area contributed by atoms with Crippen LogP contribution >= 0.6 is 0 Å². The highest BCUT2D eigenvalue weighted by Crippen LogP contribution is 2.37. The summed E-state index contributed by atoms with van der Waals surface area (Å²) in [5, 5.41) is 0. The number of halogens is 11. The van der Waals surface area contributed by atoms with Crippen molar-refractivity contribution in [3.8, 4) is 0 Å². The first-order chi connectivity index (χ1) is 8.11. The van der Waals surface area contributed by atoms with Crippen molar-refractivity contribution in [2.24, 2.45) is 0 Å². The number of hydrogen-bond donors (Lipinski definition) is 0. The summed E-state index contributed by atoms with van der Waals surface area (Å²) in [6, 6.07) is 0. The maximum Gasteiger partial charge on any atom is 0.455 e. The van der Waals surface area contributed by atoms with Gasteiger partial charge in [-0.1, -0.05) is 0 Å². The molecule has 0 saturated carbocycles. The molecule has 116 valence electrons. The summed E-state index contributed by atoms with van der Waals surface area (Å²) in [7, 11) is 0. The Labute approximate surface area is 97.9 Å². The van der Waals surface area contributed by atoms with Crippen LogP contribution in [-0.2, 0) is 4.74 Å². The Morgan fingerprint density at radius 1 is 0.737 bits per heavy atom. The molecule has 0 heterocycles. The van der Waals surface area contributed by atoms with Gasteiger partial charge in [0.1, 0.15) is 13.2 Å². The van der Waals surface area contributed by atoms with Gasteiger partial charge in [-0.2, -0.15) is 35.1 Å². The molecule has 12 heteroatoms. The van der Waals surface area contributed by atoms with Crippen LogP contribution in [0.25, 0.3) is 0 Å². The highest BCUT2D eigenvalue weighted by molar-refractivity contribution is 4.83. The van der Waals surface area contributed by atoms with E-state index in [9.17, 15) is 48.3 Å². The Morgan fingerprint density at radius 2 is 1.16 bits per heavy atom. The molecule has 0 aromatic carbocycles. The zero-order valence-corrected chi connectivity index (χ0v) is 8.56. The lowest BCUT2D eigenvalue weighted by molar-refractivity contribution is -0.305. The van der Waals surface area contributed by atoms with Gasteiger partial charge in [-0.25, -0.2) is 13.2 Å². The van der Waals surface area contributed by atoms with Gasteiger partial charge < -0.3 is 4.74 Å². The van der Waals surface area contributed by atoms with Crippen molar-refractivity contribution in [3.63, 3.8) is 0 Å². The van der Waals surface area contributed by atoms with Gasteiger partial charge in [0, 0.05) is 0 Å². The fourth-order valence-electron chi connectivity index (χ4n) is 0.710. The third kappa shape index (κ3) is 4.99. The largest absolute Gasteiger partial charge is 0.455 e. The van der Waals surface area contributed by atoms with E-state index in [0.717, 1.165) is 0 Å². The van der Waals surface area contributed by atoms with Crippen LogP contribution in [0, 0.1) is 0 Å². The van der Waals surface area contributed by atoms with Crippen molar-refractivity contribution >= 4 is 0 Å². The Hall–Kier alpha value is -0.810. The molecule has 0 spiro atoms. The van der Waals surface area contributed by atoms with E-state index >= 15 is 0 Å². The van der Waals surface area contributed by atoms with E-state index in [2.05, 4.69) is 4.74 Å². The summed E-state index contributed by atoms with van der Waals surface area (Å²) in [5.41, 5.74) is 0. The van der Waals surface area contributed by atoms with E-state index in [-0.39, 0.29) is 0 Å². The van der Waals surface area contributed by atoms with Gasteiger partial charge in [-0.05, 0) is 0 Å². The smallest absolute Gasteiger partial charge is 0.368 e. The fraction of sp³-hybridized carbons (Fsp3) is 1.00. The maximum absolute atomic E-state index is 12.4. The predicted molar refractivity (Wildman–Crippen MR) is 37.7 cm³/mol. The van der Waals surface area contributed by atoms with Crippen molar-refractivity contribution in [2.45, 2.75) is 30.4 Å². The van der Waals surface area contributed by atoms with E-state index in [1.165, 1.54) is 0 Å². The number of alkyl halides is 11. The molecule has 0 bridgehead atoms. The zero-order valence-electron chi connectivity index (χ0n) is 8.56. The number of rotatable bonds is 5. The molecule has 0 aliphatic heterocycles. The first-order valence-corrected chi connectivity index (χ1v) is 4.22. The van der Waals surface area contributed by atoms with Crippen LogP contribution < -0.4 is 0 Å². The topological polar surface area (TPSA) is 9.23 Å². The van der Waals surface area contributed by atoms with Crippen molar-refractivity contribution in [2.75, 3.05) is 13.2 Å². The van der Waals surface area contributed by atoms with Gasteiger partial charge in [0.2, 0.25) is 0 Å². The molecule has 0 fully saturated rings. The first kappa shape index (κ1) is 18.2. The highest BCUT2D eigenvalue weighted by atomic mass is 19.4. The normalized spacial score (nSPS) is 16.6. The third-order valence-corrected chi connectivity index (χ3v) is 1.65. The predicted octanol–water partition coefficient (Wildman–Crippen LogP) is 3.74. The van der Waals surface area contributed by atoms with Crippen molar-refractivity contribution in [1.82, 2.24) is 0 Å². The molecular formula is C7H5F11O. The van der Waals surface area contributed by atoms with Crippen LogP contribution in [-0.4, -0.2) is 43.6 Å². The molecule has 0 N–H and O–H groups in total. The quantitative estimate of drug-likeness (QED) is 0.703. The lowest BCUT2D eigenvalue weighted by Gasteiger charge is -2.24. The van der Waals surface area contributed by atoms with Crippen molar-refractivity contribution in [1.29, 1.82) is 0 Å². The first-order valence-electron chi connectivity index (χ1n) is 4.22. The summed E-state index contributed by atoms with van der Waals surface area (Å²) in [6.07, 6.45) is -16.9. The number of hydrogen-bond acceptors (Lipinski definition) is 1. The molecule has 0 aliphatic rings. The minimum Gasteiger partial charge on any atom is -0.368 e. The van der Waals surface area contributed by atoms with E-state index in [4.69, 9.17) is 0 Å². The molecule has 1 atom stereocenters. The molecule has 19 heavy (non-hydrogen) atoms. The minimum absolute atomic E-state index is 2.57. The second kappa shape index (κ2) is 5.29. The molecule has 1 unspecified atom stereocenters. The van der Waals surface area contributed by atoms with Crippen LogP contribution in [0.3, 0.4) is 0 Å². The second-order valence-corrected chi connectivity index (χ2v) is 3.36. The summed E-state index contributed by atoms with van der Waals surface area (Å²) in [5.74, 6) is -10.8. The Kier molecular flexibility index (Phi) is 5.06. The zero-order chi connectivity index (χ0) is 15.7.